The second kappa shape index (κ2) is 7.92. The molecule has 0 aromatic heterocycles. The summed E-state index contributed by atoms with van der Waals surface area (Å²) >= 11 is 0. The molecule has 0 spiro atoms. The van der Waals surface area contributed by atoms with Crippen LogP contribution in [0.5, 0.6) is 0 Å². The van der Waals surface area contributed by atoms with Crippen molar-refractivity contribution in [2.45, 2.75) is 26.2 Å². The zero-order valence-electron chi connectivity index (χ0n) is 6.39. The smallest absolute Gasteiger partial charge is 0.145 e. The molecule has 54 valence electrons. The molecule has 0 aliphatic rings. The third-order valence-corrected chi connectivity index (χ3v) is 1.52. The van der Waals surface area contributed by atoms with Gasteiger partial charge in [0.15, 0.2) is 0 Å². The quantitative estimate of drug-likeness (QED) is 0.318. The number of unbranched alkanes of at least 4 members (excludes halogenated alkanes) is 1. The molecule has 0 aliphatic heterocycles. The van der Waals surface area contributed by atoms with E-state index in [0.717, 1.165) is 23.5 Å². The molecule has 0 unspecified atom stereocenters. The van der Waals surface area contributed by atoms with Crippen LogP contribution >= 0.6 is 0 Å². The third-order valence-electron chi connectivity index (χ3n) is 1.11. The molecule has 0 radical (unpaired) electrons. The molecule has 0 N–H and O–H groups in total. The average Bonchev–Trinajstić information content (AvgIpc) is 1.89. The second-order valence-corrected chi connectivity index (χ2v) is 2.62. The SMILES string of the molecule is CCCC=CCCO[SiH3]. The minimum atomic E-state index is 0.874. The highest BCUT2D eigenvalue weighted by Gasteiger charge is 1.75. The summed E-state index contributed by atoms with van der Waals surface area (Å²) in [6, 6.07) is 0. The zero-order chi connectivity index (χ0) is 6.95. The lowest BCUT2D eigenvalue weighted by Crippen LogP contribution is -1.85. The van der Waals surface area contributed by atoms with Gasteiger partial charge in [0, 0.05) is 6.61 Å². The summed E-state index contributed by atoms with van der Waals surface area (Å²) in [5.74, 6) is 0. The summed E-state index contributed by atoms with van der Waals surface area (Å²) in [6.45, 7) is 3.10. The van der Waals surface area contributed by atoms with Crippen molar-refractivity contribution < 1.29 is 4.43 Å². The van der Waals surface area contributed by atoms with Gasteiger partial charge >= 0.3 is 0 Å². The summed E-state index contributed by atoms with van der Waals surface area (Å²) in [4.78, 5) is 0. The van der Waals surface area contributed by atoms with Crippen LogP contribution in [0.15, 0.2) is 12.2 Å². The number of hydrogen-bond donors (Lipinski definition) is 0. The minimum absolute atomic E-state index is 0.874. The van der Waals surface area contributed by atoms with E-state index in [1.807, 2.05) is 0 Å². The largest absolute Gasteiger partial charge is 0.428 e. The lowest BCUT2D eigenvalue weighted by Gasteiger charge is -1.90. The fraction of sp³-hybridized carbons (Fsp3) is 0.714. The molecule has 0 aromatic rings. The molecule has 1 nitrogen and oxygen atoms in total. The number of rotatable bonds is 5. The van der Waals surface area contributed by atoms with E-state index < -0.39 is 0 Å². The Balaban J connectivity index is 2.86. The van der Waals surface area contributed by atoms with Gasteiger partial charge in [-0.3, -0.25) is 0 Å². The molecule has 0 rings (SSSR count). The first-order valence-corrected chi connectivity index (χ1v) is 4.37. The third kappa shape index (κ3) is 7.92. The van der Waals surface area contributed by atoms with Gasteiger partial charge in [-0.1, -0.05) is 25.5 Å². The van der Waals surface area contributed by atoms with E-state index in [1.54, 1.807) is 0 Å². The molecule has 0 fully saturated rings. The van der Waals surface area contributed by atoms with Gasteiger partial charge in [-0.2, -0.15) is 0 Å². The maximum atomic E-state index is 5.01. The predicted molar refractivity (Wildman–Crippen MR) is 44.6 cm³/mol. The predicted octanol–water partition coefficient (Wildman–Crippen LogP) is 1.03. The molecule has 0 aliphatic carbocycles. The van der Waals surface area contributed by atoms with E-state index in [1.165, 1.54) is 12.8 Å². The van der Waals surface area contributed by atoms with Gasteiger partial charge in [-0.15, -0.1) is 0 Å². The molecular formula is C7H16OSi. The first-order valence-electron chi connectivity index (χ1n) is 3.55. The van der Waals surface area contributed by atoms with Gasteiger partial charge in [0.25, 0.3) is 0 Å². The van der Waals surface area contributed by atoms with Crippen LogP contribution in [-0.2, 0) is 4.43 Å². The van der Waals surface area contributed by atoms with Crippen molar-refractivity contribution in [3.63, 3.8) is 0 Å². The molecule has 0 atom stereocenters. The molecule has 9 heavy (non-hydrogen) atoms. The van der Waals surface area contributed by atoms with E-state index in [-0.39, 0.29) is 0 Å². The van der Waals surface area contributed by atoms with Gasteiger partial charge in [-0.25, -0.2) is 0 Å². The van der Waals surface area contributed by atoms with E-state index >= 15 is 0 Å². The second-order valence-electron chi connectivity index (χ2n) is 2.04. The standard InChI is InChI=1S/C7H16OSi/c1-2-3-4-5-6-7-8-9/h4-5H,2-3,6-7H2,1,9H3. The topological polar surface area (TPSA) is 9.23 Å². The Morgan fingerprint density at radius 2 is 2.00 bits per heavy atom. The summed E-state index contributed by atoms with van der Waals surface area (Å²) < 4.78 is 5.01. The van der Waals surface area contributed by atoms with Crippen molar-refractivity contribution in [1.82, 2.24) is 0 Å². The van der Waals surface area contributed by atoms with Crippen molar-refractivity contribution in [1.29, 1.82) is 0 Å². The summed E-state index contributed by atoms with van der Waals surface area (Å²) in [5, 5.41) is 0. The molecule has 0 heterocycles. The maximum Gasteiger partial charge on any atom is 0.145 e. The van der Waals surface area contributed by atoms with Crippen molar-refractivity contribution in [3.8, 4) is 0 Å². The van der Waals surface area contributed by atoms with Gasteiger partial charge in [-0.05, 0) is 12.8 Å². The van der Waals surface area contributed by atoms with E-state index in [0.29, 0.717) is 0 Å². The zero-order valence-corrected chi connectivity index (χ0v) is 8.39. The Bertz CT molecular complexity index is 71.3. The van der Waals surface area contributed by atoms with E-state index in [4.69, 9.17) is 4.43 Å². The lowest BCUT2D eigenvalue weighted by molar-refractivity contribution is 0.358. The summed E-state index contributed by atoms with van der Waals surface area (Å²) in [6.07, 6.45) is 7.96. The Morgan fingerprint density at radius 1 is 1.33 bits per heavy atom. The minimum Gasteiger partial charge on any atom is -0.428 e. The molecular weight excluding hydrogens is 128 g/mol. The Kier molecular flexibility index (Phi) is 7.84. The van der Waals surface area contributed by atoms with Crippen LogP contribution in [0, 0.1) is 0 Å². The monoisotopic (exact) mass is 144 g/mol. The van der Waals surface area contributed by atoms with Gasteiger partial charge in [0.2, 0.25) is 0 Å². The lowest BCUT2D eigenvalue weighted by atomic mass is 10.3. The number of hydrogen-bond acceptors (Lipinski definition) is 1. The molecule has 0 bridgehead atoms. The molecule has 0 aromatic carbocycles. The summed E-state index contributed by atoms with van der Waals surface area (Å²) in [7, 11) is 0.874. The van der Waals surface area contributed by atoms with Crippen LogP contribution in [0.2, 0.25) is 0 Å². The average molecular weight is 144 g/mol. The fourth-order valence-electron chi connectivity index (χ4n) is 0.588. The van der Waals surface area contributed by atoms with Gasteiger partial charge < -0.3 is 4.43 Å². The fourth-order valence-corrected chi connectivity index (χ4v) is 0.824. The Hall–Kier alpha value is -0.0831. The highest BCUT2D eigenvalue weighted by atomic mass is 28.2. The highest BCUT2D eigenvalue weighted by molar-refractivity contribution is 5.97. The van der Waals surface area contributed by atoms with Crippen LogP contribution in [0.25, 0.3) is 0 Å². The normalized spacial score (nSPS) is 11.2. The van der Waals surface area contributed by atoms with E-state index in [2.05, 4.69) is 19.1 Å². The molecule has 0 amide bonds. The maximum absolute atomic E-state index is 5.01. The molecule has 0 saturated heterocycles. The van der Waals surface area contributed by atoms with Crippen LogP contribution in [-0.4, -0.2) is 17.1 Å². The van der Waals surface area contributed by atoms with Gasteiger partial charge in [0.1, 0.15) is 10.5 Å². The van der Waals surface area contributed by atoms with Crippen LogP contribution in [0.1, 0.15) is 26.2 Å². The molecule has 0 saturated carbocycles. The first-order chi connectivity index (χ1) is 4.41. The van der Waals surface area contributed by atoms with Crippen molar-refractivity contribution >= 4 is 10.5 Å². The van der Waals surface area contributed by atoms with Crippen LogP contribution in [0.3, 0.4) is 0 Å². The van der Waals surface area contributed by atoms with Crippen molar-refractivity contribution in [2.24, 2.45) is 0 Å². The van der Waals surface area contributed by atoms with E-state index in [9.17, 15) is 0 Å². The van der Waals surface area contributed by atoms with Crippen molar-refractivity contribution in [3.05, 3.63) is 12.2 Å². The first kappa shape index (κ1) is 8.92. The van der Waals surface area contributed by atoms with Crippen molar-refractivity contribution in [2.75, 3.05) is 6.61 Å². The van der Waals surface area contributed by atoms with Crippen LogP contribution < -0.4 is 0 Å². The van der Waals surface area contributed by atoms with Crippen LogP contribution in [0.4, 0.5) is 0 Å². The van der Waals surface area contributed by atoms with Gasteiger partial charge in [0.05, 0.1) is 0 Å². The Morgan fingerprint density at radius 3 is 2.56 bits per heavy atom. The summed E-state index contributed by atoms with van der Waals surface area (Å²) in [5.41, 5.74) is 0. The number of allylic oxidation sites excluding steroid dienone is 1. The highest BCUT2D eigenvalue weighted by Crippen LogP contribution is 1.90. The molecule has 2 heteroatoms. The Labute approximate surface area is 60.6 Å².